The van der Waals surface area contributed by atoms with Crippen LogP contribution in [0, 0.1) is 18.8 Å². The highest BCUT2D eigenvalue weighted by atomic mass is 32.2. The lowest BCUT2D eigenvalue weighted by Gasteiger charge is -2.35. The van der Waals surface area contributed by atoms with Gasteiger partial charge in [-0.05, 0) is 30.7 Å². The zero-order valence-corrected chi connectivity index (χ0v) is 15.0. The third kappa shape index (κ3) is 4.47. The molecule has 23 heavy (non-hydrogen) atoms. The number of aryl methyl sites for hydroxylation is 1. The highest BCUT2D eigenvalue weighted by Gasteiger charge is 2.22. The molecule has 3 rings (SSSR count). The first kappa shape index (κ1) is 16.3. The molecule has 0 bridgehead atoms. The molecule has 0 aliphatic carbocycles. The van der Waals surface area contributed by atoms with Gasteiger partial charge in [-0.3, -0.25) is 0 Å². The maximum atomic E-state index is 4.50. The van der Waals surface area contributed by atoms with Crippen LogP contribution in [0.2, 0.25) is 0 Å². The third-order valence-corrected chi connectivity index (χ3v) is 5.32. The van der Waals surface area contributed by atoms with E-state index in [1.807, 2.05) is 0 Å². The van der Waals surface area contributed by atoms with Gasteiger partial charge in [0.25, 0.3) is 0 Å². The number of piperidine rings is 1. The zero-order valence-electron chi connectivity index (χ0n) is 14.2. The summed E-state index contributed by atoms with van der Waals surface area (Å²) in [7, 11) is 0. The Morgan fingerprint density at radius 2 is 1.78 bits per heavy atom. The van der Waals surface area contributed by atoms with Crippen molar-refractivity contribution < 1.29 is 0 Å². The molecule has 1 aromatic heterocycles. The lowest BCUT2D eigenvalue weighted by Crippen LogP contribution is -2.39. The zero-order chi connectivity index (χ0) is 16.2. The number of thioether (sulfide) groups is 1. The maximum Gasteiger partial charge on any atom is 0.133 e. The lowest BCUT2D eigenvalue weighted by atomic mass is 9.92. The van der Waals surface area contributed by atoms with Gasteiger partial charge in [-0.2, -0.15) is 0 Å². The van der Waals surface area contributed by atoms with Crippen molar-refractivity contribution in [1.29, 1.82) is 0 Å². The Morgan fingerprint density at radius 1 is 1.09 bits per heavy atom. The molecular formula is C19H25N3S. The highest BCUT2D eigenvalue weighted by molar-refractivity contribution is 7.98. The molecule has 2 heterocycles. The molecule has 1 fully saturated rings. The molecule has 1 aliphatic heterocycles. The summed E-state index contributed by atoms with van der Waals surface area (Å²) in [6.45, 7) is 8.98. The van der Waals surface area contributed by atoms with Crippen LogP contribution < -0.4 is 4.90 Å². The fourth-order valence-corrected chi connectivity index (χ4v) is 4.09. The molecule has 0 N–H and O–H groups in total. The molecular weight excluding hydrogens is 302 g/mol. The van der Waals surface area contributed by atoms with Crippen LogP contribution in [0.15, 0.2) is 41.7 Å². The molecule has 3 nitrogen and oxygen atoms in total. The summed E-state index contributed by atoms with van der Waals surface area (Å²) in [4.78, 5) is 11.3. The first-order valence-corrected chi connectivity index (χ1v) is 9.34. The predicted octanol–water partition coefficient (Wildman–Crippen LogP) is 4.56. The number of aromatic nitrogens is 2. The molecule has 0 amide bonds. The molecule has 0 saturated carbocycles. The Labute approximate surface area is 143 Å². The first-order valence-electron chi connectivity index (χ1n) is 8.35. The molecule has 2 unspecified atom stereocenters. The lowest BCUT2D eigenvalue weighted by molar-refractivity contribution is 0.355. The van der Waals surface area contributed by atoms with Crippen molar-refractivity contribution in [2.24, 2.45) is 11.8 Å². The smallest absolute Gasteiger partial charge is 0.133 e. The van der Waals surface area contributed by atoms with Gasteiger partial charge < -0.3 is 4.90 Å². The Bertz CT molecular complexity index is 631. The summed E-state index contributed by atoms with van der Waals surface area (Å²) < 4.78 is 0. The highest BCUT2D eigenvalue weighted by Crippen LogP contribution is 2.28. The van der Waals surface area contributed by atoms with Gasteiger partial charge in [0, 0.05) is 24.9 Å². The van der Waals surface area contributed by atoms with Gasteiger partial charge in [0.05, 0.1) is 0 Å². The van der Waals surface area contributed by atoms with Crippen molar-refractivity contribution in [3.8, 4) is 0 Å². The van der Waals surface area contributed by atoms with Gasteiger partial charge in [0.2, 0.25) is 0 Å². The summed E-state index contributed by atoms with van der Waals surface area (Å²) in [6.07, 6.45) is 3.02. The second-order valence-corrected chi connectivity index (χ2v) is 7.84. The minimum Gasteiger partial charge on any atom is -0.356 e. The minimum atomic E-state index is 0.734. The van der Waals surface area contributed by atoms with Crippen LogP contribution in [0.4, 0.5) is 5.82 Å². The number of nitrogens with zero attached hydrogens (tertiary/aromatic N) is 3. The van der Waals surface area contributed by atoms with Crippen molar-refractivity contribution >= 4 is 17.6 Å². The molecule has 0 radical (unpaired) electrons. The second kappa shape index (κ2) is 7.35. The normalized spacial score (nSPS) is 21.4. The molecule has 4 heteroatoms. The van der Waals surface area contributed by atoms with E-state index >= 15 is 0 Å². The predicted molar refractivity (Wildman–Crippen MR) is 97.9 cm³/mol. The van der Waals surface area contributed by atoms with Gasteiger partial charge in [-0.1, -0.05) is 43.7 Å². The van der Waals surface area contributed by atoms with E-state index in [9.17, 15) is 0 Å². The van der Waals surface area contributed by atoms with Crippen LogP contribution in [0.25, 0.3) is 0 Å². The Kier molecular flexibility index (Phi) is 5.21. The summed E-state index contributed by atoms with van der Waals surface area (Å²) in [5.74, 6) is 3.49. The van der Waals surface area contributed by atoms with E-state index in [0.717, 1.165) is 41.5 Å². The maximum absolute atomic E-state index is 4.50. The summed E-state index contributed by atoms with van der Waals surface area (Å²) in [5.41, 5.74) is 2.64. The van der Waals surface area contributed by atoms with Crippen LogP contribution in [-0.4, -0.2) is 23.1 Å². The van der Waals surface area contributed by atoms with Crippen molar-refractivity contribution in [1.82, 2.24) is 9.97 Å². The molecule has 1 aromatic carbocycles. The van der Waals surface area contributed by atoms with Gasteiger partial charge >= 0.3 is 0 Å². The summed E-state index contributed by atoms with van der Waals surface area (Å²) >= 11 is 1.78. The molecule has 122 valence electrons. The minimum absolute atomic E-state index is 0.734. The van der Waals surface area contributed by atoms with Crippen LogP contribution in [0.1, 0.15) is 31.4 Å². The average molecular weight is 327 g/mol. The van der Waals surface area contributed by atoms with E-state index in [1.165, 1.54) is 17.5 Å². The van der Waals surface area contributed by atoms with E-state index in [4.69, 9.17) is 0 Å². The Balaban J connectivity index is 1.66. The van der Waals surface area contributed by atoms with E-state index in [2.05, 4.69) is 66.0 Å². The summed E-state index contributed by atoms with van der Waals surface area (Å²) in [6, 6.07) is 10.9. The van der Waals surface area contributed by atoms with Gasteiger partial charge in [-0.15, -0.1) is 11.8 Å². The van der Waals surface area contributed by atoms with Crippen LogP contribution in [0.3, 0.4) is 0 Å². The van der Waals surface area contributed by atoms with Crippen molar-refractivity contribution in [3.63, 3.8) is 0 Å². The Morgan fingerprint density at radius 3 is 2.48 bits per heavy atom. The number of benzene rings is 1. The van der Waals surface area contributed by atoms with Gasteiger partial charge in [-0.25, -0.2) is 9.97 Å². The number of anilines is 1. The fraction of sp³-hybridized carbons (Fsp3) is 0.474. The molecule has 1 aliphatic rings. The molecule has 0 spiro atoms. The van der Waals surface area contributed by atoms with E-state index < -0.39 is 0 Å². The molecule has 2 atom stereocenters. The van der Waals surface area contributed by atoms with E-state index in [0.29, 0.717) is 0 Å². The van der Waals surface area contributed by atoms with E-state index in [-0.39, 0.29) is 0 Å². The SMILES string of the molecule is Cc1ccc(CSc2cc(N3CC(C)CC(C)C3)ncn2)cc1. The first-order chi connectivity index (χ1) is 11.1. The quantitative estimate of drug-likeness (QED) is 0.608. The number of hydrogen-bond acceptors (Lipinski definition) is 4. The fourth-order valence-electron chi connectivity index (χ4n) is 3.27. The molecule has 1 saturated heterocycles. The van der Waals surface area contributed by atoms with Gasteiger partial charge in [0.15, 0.2) is 0 Å². The average Bonchev–Trinajstić information content (AvgIpc) is 2.54. The van der Waals surface area contributed by atoms with E-state index in [1.54, 1.807) is 18.1 Å². The number of hydrogen-bond donors (Lipinski definition) is 0. The topological polar surface area (TPSA) is 29.0 Å². The third-order valence-electron chi connectivity index (χ3n) is 4.33. The van der Waals surface area contributed by atoms with Crippen molar-refractivity contribution in [3.05, 3.63) is 47.8 Å². The van der Waals surface area contributed by atoms with Crippen LogP contribution in [-0.2, 0) is 5.75 Å². The van der Waals surface area contributed by atoms with Gasteiger partial charge in [0.1, 0.15) is 17.2 Å². The summed E-state index contributed by atoms with van der Waals surface area (Å²) in [5, 5.41) is 1.06. The standard InChI is InChI=1S/C19H25N3S/c1-14-4-6-17(7-5-14)12-23-19-9-18(20-13-21-19)22-10-15(2)8-16(3)11-22/h4-7,9,13,15-16H,8,10-12H2,1-3H3. The largest absolute Gasteiger partial charge is 0.356 e. The second-order valence-electron chi connectivity index (χ2n) is 6.84. The number of rotatable bonds is 4. The monoisotopic (exact) mass is 327 g/mol. The van der Waals surface area contributed by atoms with Crippen molar-refractivity contribution in [2.75, 3.05) is 18.0 Å². The van der Waals surface area contributed by atoms with Crippen LogP contribution >= 0.6 is 11.8 Å². The van der Waals surface area contributed by atoms with Crippen molar-refractivity contribution in [2.45, 2.75) is 38.0 Å². The van der Waals surface area contributed by atoms with Crippen LogP contribution in [0.5, 0.6) is 0 Å². The Hall–Kier alpha value is -1.55. The molecule has 2 aromatic rings.